The molecule has 0 spiro atoms. The van der Waals surface area contributed by atoms with Gasteiger partial charge in [-0.15, -0.1) is 0 Å². The molecule has 5 aliphatic rings. The number of fused-ring (bicyclic) bond motifs is 1. The largest absolute Gasteiger partial charge is 0.486 e. The zero-order chi connectivity index (χ0) is 17.7. The Morgan fingerprint density at radius 3 is 2.35 bits per heavy atom. The Morgan fingerprint density at radius 1 is 1.08 bits per heavy atom. The number of ether oxygens (including phenoxy) is 2. The van der Waals surface area contributed by atoms with Crippen molar-refractivity contribution in [1.82, 2.24) is 5.32 Å². The van der Waals surface area contributed by atoms with Crippen LogP contribution < -0.4 is 14.8 Å². The highest BCUT2D eigenvalue weighted by Gasteiger charge is 2.54. The molecule has 1 unspecified atom stereocenters. The summed E-state index contributed by atoms with van der Waals surface area (Å²) in [7, 11) is 0. The van der Waals surface area contributed by atoms with Crippen molar-refractivity contribution in [2.75, 3.05) is 19.8 Å². The molecule has 5 nitrogen and oxygen atoms in total. The Labute approximate surface area is 154 Å². The van der Waals surface area contributed by atoms with Crippen molar-refractivity contribution in [2.24, 2.45) is 23.2 Å². The molecule has 26 heavy (non-hydrogen) atoms. The molecule has 1 aromatic carbocycles. The van der Waals surface area contributed by atoms with E-state index in [2.05, 4.69) is 5.32 Å². The molecule has 4 fully saturated rings. The molecule has 2 N–H and O–H groups in total. The first kappa shape index (κ1) is 16.4. The fourth-order valence-corrected chi connectivity index (χ4v) is 6.15. The first-order chi connectivity index (χ1) is 12.6. The van der Waals surface area contributed by atoms with Crippen LogP contribution in [-0.4, -0.2) is 30.8 Å². The van der Waals surface area contributed by atoms with Gasteiger partial charge in [-0.25, -0.2) is 0 Å². The number of benzene rings is 1. The van der Waals surface area contributed by atoms with Crippen LogP contribution in [0.25, 0.3) is 0 Å². The third-order valence-electron chi connectivity index (χ3n) is 6.93. The van der Waals surface area contributed by atoms with E-state index in [1.165, 1.54) is 19.3 Å². The molecule has 0 aromatic heterocycles. The smallest absolute Gasteiger partial charge is 0.226 e. The summed E-state index contributed by atoms with van der Waals surface area (Å²) in [6.45, 7) is 1.32. The molecule has 4 bridgehead atoms. The van der Waals surface area contributed by atoms with Crippen LogP contribution in [0.15, 0.2) is 18.2 Å². The molecule has 4 saturated carbocycles. The van der Waals surface area contributed by atoms with Crippen molar-refractivity contribution in [3.63, 3.8) is 0 Å². The number of amides is 1. The van der Waals surface area contributed by atoms with E-state index in [1.807, 2.05) is 18.2 Å². The molecule has 1 heterocycles. The molecule has 1 amide bonds. The summed E-state index contributed by atoms with van der Waals surface area (Å²) >= 11 is 0. The number of carbonyl (C=O) groups excluding carboxylic acids is 1. The number of hydrogen-bond acceptors (Lipinski definition) is 4. The van der Waals surface area contributed by atoms with Crippen LogP contribution in [0, 0.1) is 23.2 Å². The molecular weight excluding hydrogens is 330 g/mol. The van der Waals surface area contributed by atoms with Crippen LogP contribution in [0.1, 0.15) is 50.2 Å². The van der Waals surface area contributed by atoms with E-state index >= 15 is 0 Å². The van der Waals surface area contributed by atoms with Crippen LogP contribution >= 0.6 is 0 Å². The van der Waals surface area contributed by atoms with Crippen LogP contribution in [0.2, 0.25) is 0 Å². The molecule has 140 valence electrons. The quantitative estimate of drug-likeness (QED) is 0.869. The van der Waals surface area contributed by atoms with E-state index in [1.54, 1.807) is 0 Å². The van der Waals surface area contributed by atoms with Crippen LogP contribution in [-0.2, 0) is 4.79 Å². The lowest BCUT2D eigenvalue weighted by Crippen LogP contribution is -2.54. The summed E-state index contributed by atoms with van der Waals surface area (Å²) in [6, 6.07) is 5.49. The molecule has 4 aliphatic carbocycles. The highest BCUT2D eigenvalue weighted by molar-refractivity contribution is 5.83. The predicted octanol–water partition coefficient (Wildman–Crippen LogP) is 2.82. The summed E-state index contributed by atoms with van der Waals surface area (Å²) in [6.07, 6.45) is 6.38. The van der Waals surface area contributed by atoms with Gasteiger partial charge >= 0.3 is 0 Å². The second kappa shape index (κ2) is 6.15. The molecule has 5 heteroatoms. The van der Waals surface area contributed by atoms with Crippen molar-refractivity contribution in [1.29, 1.82) is 0 Å². The third-order valence-corrected chi connectivity index (χ3v) is 6.93. The Balaban J connectivity index is 1.24. The third kappa shape index (κ3) is 2.77. The maximum Gasteiger partial charge on any atom is 0.226 e. The van der Waals surface area contributed by atoms with Gasteiger partial charge < -0.3 is 19.9 Å². The Morgan fingerprint density at radius 2 is 1.69 bits per heavy atom. The van der Waals surface area contributed by atoms with E-state index in [0.717, 1.165) is 42.6 Å². The predicted molar refractivity (Wildman–Crippen MR) is 96.0 cm³/mol. The lowest BCUT2D eigenvalue weighted by atomic mass is 9.49. The summed E-state index contributed by atoms with van der Waals surface area (Å²) < 4.78 is 11.1. The summed E-state index contributed by atoms with van der Waals surface area (Å²) in [4.78, 5) is 13.0. The maximum atomic E-state index is 13.0. The van der Waals surface area contributed by atoms with Crippen LogP contribution in [0.4, 0.5) is 0 Å². The minimum Gasteiger partial charge on any atom is -0.486 e. The first-order valence-corrected chi connectivity index (χ1v) is 9.97. The van der Waals surface area contributed by atoms with Gasteiger partial charge in [-0.2, -0.15) is 0 Å². The SMILES string of the molecule is O=C(NCC(O)c1ccc2c(c1)OCCO2)C12CC3CC(CC(C3)C1)C2. The second-order valence-electron chi connectivity index (χ2n) is 8.83. The summed E-state index contributed by atoms with van der Waals surface area (Å²) in [5, 5.41) is 13.6. The van der Waals surface area contributed by atoms with Crippen molar-refractivity contribution >= 4 is 5.91 Å². The molecule has 0 saturated heterocycles. The van der Waals surface area contributed by atoms with Crippen molar-refractivity contribution in [3.05, 3.63) is 23.8 Å². The van der Waals surface area contributed by atoms with Crippen molar-refractivity contribution < 1.29 is 19.4 Å². The zero-order valence-corrected chi connectivity index (χ0v) is 15.1. The lowest BCUT2D eigenvalue weighted by Gasteiger charge is -2.55. The molecule has 0 radical (unpaired) electrons. The molecule has 1 aliphatic heterocycles. The second-order valence-corrected chi connectivity index (χ2v) is 8.83. The fraction of sp³-hybridized carbons (Fsp3) is 0.667. The van der Waals surface area contributed by atoms with Crippen LogP contribution in [0.5, 0.6) is 11.5 Å². The Hall–Kier alpha value is -1.75. The normalized spacial score (nSPS) is 35.2. The van der Waals surface area contributed by atoms with E-state index in [4.69, 9.17) is 9.47 Å². The van der Waals surface area contributed by atoms with Gasteiger partial charge in [0.05, 0.1) is 6.10 Å². The van der Waals surface area contributed by atoms with Crippen molar-refractivity contribution in [3.8, 4) is 11.5 Å². The molecular formula is C21H27NO4. The van der Waals surface area contributed by atoms with Gasteiger partial charge in [0.15, 0.2) is 11.5 Å². The van der Waals surface area contributed by atoms with Gasteiger partial charge in [0, 0.05) is 12.0 Å². The van der Waals surface area contributed by atoms with E-state index < -0.39 is 6.10 Å². The number of aliphatic hydroxyl groups excluding tert-OH is 1. The summed E-state index contributed by atoms with van der Waals surface area (Å²) in [5.74, 6) is 3.78. The zero-order valence-electron chi connectivity index (χ0n) is 15.1. The number of carbonyl (C=O) groups is 1. The lowest BCUT2D eigenvalue weighted by molar-refractivity contribution is -0.146. The maximum absolute atomic E-state index is 13.0. The summed E-state index contributed by atoms with van der Waals surface area (Å²) in [5.41, 5.74) is 0.585. The van der Waals surface area contributed by atoms with E-state index in [9.17, 15) is 9.90 Å². The Kier molecular flexibility index (Phi) is 3.89. The first-order valence-electron chi connectivity index (χ1n) is 9.97. The highest BCUT2D eigenvalue weighted by atomic mass is 16.6. The fourth-order valence-electron chi connectivity index (χ4n) is 6.15. The average Bonchev–Trinajstić information content (AvgIpc) is 2.64. The van der Waals surface area contributed by atoms with Gasteiger partial charge in [-0.3, -0.25) is 4.79 Å². The number of rotatable bonds is 4. The van der Waals surface area contributed by atoms with Crippen LogP contribution in [0.3, 0.4) is 0 Å². The van der Waals surface area contributed by atoms with Gasteiger partial charge in [-0.05, 0) is 74.0 Å². The molecule has 1 aromatic rings. The molecule has 6 rings (SSSR count). The van der Waals surface area contributed by atoms with E-state index in [-0.39, 0.29) is 17.9 Å². The van der Waals surface area contributed by atoms with Gasteiger partial charge in [-0.1, -0.05) is 6.07 Å². The van der Waals surface area contributed by atoms with Gasteiger partial charge in [0.2, 0.25) is 5.91 Å². The number of nitrogens with one attached hydrogen (secondary N) is 1. The highest BCUT2D eigenvalue weighted by Crippen LogP contribution is 2.60. The van der Waals surface area contributed by atoms with Gasteiger partial charge in [0.1, 0.15) is 13.2 Å². The topological polar surface area (TPSA) is 67.8 Å². The molecule has 1 atom stereocenters. The van der Waals surface area contributed by atoms with Gasteiger partial charge in [0.25, 0.3) is 0 Å². The number of hydrogen-bond donors (Lipinski definition) is 2. The number of aliphatic hydroxyl groups is 1. The minimum absolute atomic E-state index is 0.160. The minimum atomic E-state index is -0.733. The van der Waals surface area contributed by atoms with E-state index in [0.29, 0.717) is 24.7 Å². The Bertz CT molecular complexity index is 681. The standard InChI is InChI=1S/C21H27NO4/c23-17(16-1-2-18-19(8-16)26-4-3-25-18)12-22-20(24)21-9-13-5-14(10-21)7-15(6-13)11-21/h1-2,8,13-15,17,23H,3-7,9-12H2,(H,22,24). The van der Waals surface area contributed by atoms with Crippen molar-refractivity contribution in [2.45, 2.75) is 44.6 Å². The average molecular weight is 357 g/mol. The monoisotopic (exact) mass is 357 g/mol.